The third-order valence-corrected chi connectivity index (χ3v) is 8.41. The Hall–Kier alpha value is -2.87. The molecule has 190 valence electrons. The second-order valence-electron chi connectivity index (χ2n) is 10.6. The fourth-order valence-corrected chi connectivity index (χ4v) is 6.21. The van der Waals surface area contributed by atoms with E-state index in [-0.39, 0.29) is 11.4 Å². The van der Waals surface area contributed by atoms with Crippen molar-refractivity contribution in [3.8, 4) is 11.5 Å². The lowest BCUT2D eigenvalue weighted by atomic mass is 9.85. The molecule has 0 N–H and O–H groups in total. The highest BCUT2D eigenvalue weighted by molar-refractivity contribution is 5.93. The molecule has 3 aliphatic rings. The van der Waals surface area contributed by atoms with Crippen molar-refractivity contribution in [3.63, 3.8) is 0 Å². The number of fused-ring (bicyclic) bond motifs is 1. The predicted octanol–water partition coefficient (Wildman–Crippen LogP) is 5.60. The number of pyridine rings is 1. The molecule has 1 spiro atoms. The monoisotopic (exact) mass is 491 g/mol. The van der Waals surface area contributed by atoms with E-state index in [9.17, 15) is 0 Å². The highest BCUT2D eigenvalue weighted by Crippen LogP contribution is 2.42. The summed E-state index contributed by atoms with van der Waals surface area (Å²) in [5.41, 5.74) is 4.52. The number of aromatic nitrogens is 3. The first-order valence-corrected chi connectivity index (χ1v) is 13.3. The van der Waals surface area contributed by atoms with Crippen molar-refractivity contribution in [1.29, 1.82) is 0 Å². The average Bonchev–Trinajstić information content (AvgIpc) is 3.51. The van der Waals surface area contributed by atoms with E-state index in [0.717, 1.165) is 99.1 Å². The summed E-state index contributed by atoms with van der Waals surface area (Å²) in [5, 5.41) is 4.83. The maximum Gasteiger partial charge on any atom is 0.261 e. The van der Waals surface area contributed by atoms with Gasteiger partial charge in [0, 0.05) is 43.3 Å². The Morgan fingerprint density at radius 1 is 1.08 bits per heavy atom. The Labute approximate surface area is 211 Å². The highest BCUT2D eigenvalue weighted by atomic mass is 19.1. The minimum absolute atomic E-state index is 0.0263. The van der Waals surface area contributed by atoms with Crippen LogP contribution in [0.25, 0.3) is 22.4 Å². The van der Waals surface area contributed by atoms with E-state index in [1.54, 1.807) is 6.07 Å². The lowest BCUT2D eigenvalue weighted by molar-refractivity contribution is 0.0825. The van der Waals surface area contributed by atoms with Crippen LogP contribution in [-0.4, -0.2) is 52.7 Å². The van der Waals surface area contributed by atoms with Gasteiger partial charge in [0.25, 0.3) is 5.89 Å². The van der Waals surface area contributed by atoms with Crippen molar-refractivity contribution in [3.05, 3.63) is 34.9 Å². The molecule has 2 aromatic heterocycles. The molecule has 7 nitrogen and oxygen atoms in total. The molecule has 0 bridgehead atoms. The van der Waals surface area contributed by atoms with Gasteiger partial charge in [-0.3, -0.25) is 4.99 Å². The van der Waals surface area contributed by atoms with Gasteiger partial charge in [-0.1, -0.05) is 12.1 Å². The van der Waals surface area contributed by atoms with Crippen LogP contribution < -0.4 is 4.90 Å². The normalized spacial score (nSPS) is 20.4. The molecule has 3 aromatic rings. The van der Waals surface area contributed by atoms with Crippen molar-refractivity contribution in [2.24, 2.45) is 10.9 Å². The zero-order valence-electron chi connectivity index (χ0n) is 21.4. The molecule has 0 saturated carbocycles. The van der Waals surface area contributed by atoms with Crippen molar-refractivity contribution in [1.82, 2.24) is 15.1 Å². The highest BCUT2D eigenvalue weighted by Gasteiger charge is 2.40. The number of nitrogens with zero attached hydrogens (tertiary/aromatic N) is 5. The van der Waals surface area contributed by atoms with E-state index in [1.165, 1.54) is 5.71 Å². The first-order chi connectivity index (χ1) is 17.5. The number of aryl methyl sites for hydroxylation is 3. The summed E-state index contributed by atoms with van der Waals surface area (Å²) in [6, 6.07) is 3.64. The molecule has 2 fully saturated rings. The fraction of sp³-hybridized carbons (Fsp3) is 0.571. The lowest BCUT2D eigenvalue weighted by Gasteiger charge is -2.38. The first-order valence-electron chi connectivity index (χ1n) is 13.3. The van der Waals surface area contributed by atoms with Crippen LogP contribution in [0.3, 0.4) is 0 Å². The fourth-order valence-electron chi connectivity index (χ4n) is 6.21. The standard InChI is InChI=1S/C28H34FN5O2/c1-4-19-15-21-17(2)24(27-30-18(3)33-36-27)26(31-25(21)22(29)16-19)34-11-9-28(10-12-34)8-5-23(32-28)20-6-13-35-14-7-20/h15-16,20H,4-14H2,1-3H3. The van der Waals surface area contributed by atoms with Crippen LogP contribution in [0.5, 0.6) is 0 Å². The molecule has 36 heavy (non-hydrogen) atoms. The van der Waals surface area contributed by atoms with Crippen molar-refractivity contribution in [2.75, 3.05) is 31.2 Å². The van der Waals surface area contributed by atoms with Crippen LogP contribution in [0, 0.1) is 25.6 Å². The maximum atomic E-state index is 15.2. The van der Waals surface area contributed by atoms with Gasteiger partial charge in [0.05, 0.1) is 11.1 Å². The van der Waals surface area contributed by atoms with Crippen LogP contribution >= 0.6 is 0 Å². The molecule has 1 aromatic carbocycles. The summed E-state index contributed by atoms with van der Waals surface area (Å²) in [5.74, 6) is 2.05. The Balaban J connectivity index is 1.35. The molecule has 2 saturated heterocycles. The van der Waals surface area contributed by atoms with Crippen LogP contribution in [-0.2, 0) is 11.2 Å². The molecule has 0 radical (unpaired) electrons. The Morgan fingerprint density at radius 3 is 2.56 bits per heavy atom. The number of ether oxygens (including phenoxy) is 1. The molecule has 3 aliphatic heterocycles. The molecule has 0 aliphatic carbocycles. The van der Waals surface area contributed by atoms with Gasteiger partial charge in [0.2, 0.25) is 0 Å². The Kier molecular flexibility index (Phi) is 6.02. The van der Waals surface area contributed by atoms with Crippen molar-refractivity contribution >= 4 is 22.4 Å². The molecule has 0 atom stereocenters. The zero-order valence-corrected chi connectivity index (χ0v) is 21.4. The van der Waals surface area contributed by atoms with Crippen LogP contribution in [0.2, 0.25) is 0 Å². The Bertz CT molecular complexity index is 1320. The van der Waals surface area contributed by atoms with Gasteiger partial charge >= 0.3 is 0 Å². The maximum absolute atomic E-state index is 15.2. The third kappa shape index (κ3) is 4.09. The zero-order chi connectivity index (χ0) is 24.9. The van der Waals surface area contributed by atoms with E-state index in [4.69, 9.17) is 19.2 Å². The van der Waals surface area contributed by atoms with E-state index in [1.807, 2.05) is 26.8 Å². The quantitative estimate of drug-likeness (QED) is 0.473. The van der Waals surface area contributed by atoms with Crippen molar-refractivity contribution < 1.29 is 13.7 Å². The lowest BCUT2D eigenvalue weighted by Crippen LogP contribution is -2.43. The molecule has 5 heterocycles. The number of rotatable bonds is 4. The molecular formula is C28H34FN5O2. The van der Waals surface area contributed by atoms with Gasteiger partial charge in [0.15, 0.2) is 5.82 Å². The van der Waals surface area contributed by atoms with Gasteiger partial charge in [0.1, 0.15) is 17.2 Å². The second-order valence-corrected chi connectivity index (χ2v) is 10.6. The van der Waals surface area contributed by atoms with Gasteiger partial charge in [-0.15, -0.1) is 0 Å². The average molecular weight is 492 g/mol. The number of anilines is 1. The summed E-state index contributed by atoms with van der Waals surface area (Å²) in [6.45, 7) is 9.19. The SMILES string of the molecule is CCc1cc(F)c2nc(N3CCC4(CCC(C5CCOCC5)=N4)CC3)c(-c3nc(C)no3)c(C)c2c1. The summed E-state index contributed by atoms with van der Waals surface area (Å²) in [4.78, 5) is 17.0. The van der Waals surface area contributed by atoms with E-state index < -0.39 is 0 Å². The summed E-state index contributed by atoms with van der Waals surface area (Å²) < 4.78 is 26.4. The predicted molar refractivity (Wildman–Crippen MR) is 138 cm³/mol. The van der Waals surface area contributed by atoms with Gasteiger partial charge in [-0.05, 0) is 82.1 Å². The van der Waals surface area contributed by atoms with E-state index in [2.05, 4.69) is 15.0 Å². The molecule has 0 amide bonds. The third-order valence-electron chi connectivity index (χ3n) is 8.41. The van der Waals surface area contributed by atoms with Gasteiger partial charge in [-0.2, -0.15) is 4.98 Å². The largest absolute Gasteiger partial charge is 0.381 e. The van der Waals surface area contributed by atoms with E-state index in [0.29, 0.717) is 23.1 Å². The topological polar surface area (TPSA) is 76.6 Å². The van der Waals surface area contributed by atoms with E-state index >= 15 is 4.39 Å². The minimum Gasteiger partial charge on any atom is -0.381 e. The number of hydrogen-bond acceptors (Lipinski definition) is 7. The number of aliphatic imine (C=N–C) groups is 1. The number of halogens is 1. The van der Waals surface area contributed by atoms with Crippen molar-refractivity contribution in [2.45, 2.75) is 71.3 Å². The molecule has 0 unspecified atom stereocenters. The first kappa shape index (κ1) is 23.5. The van der Waals surface area contributed by atoms with Gasteiger partial charge in [-0.25, -0.2) is 9.37 Å². The number of piperidine rings is 1. The minimum atomic E-state index is -0.281. The second kappa shape index (κ2) is 9.21. The van der Waals surface area contributed by atoms with Crippen LogP contribution in [0.15, 0.2) is 21.6 Å². The summed E-state index contributed by atoms with van der Waals surface area (Å²) in [6.07, 6.45) is 7.13. The Morgan fingerprint density at radius 2 is 1.86 bits per heavy atom. The molecule has 8 heteroatoms. The smallest absolute Gasteiger partial charge is 0.261 e. The summed E-state index contributed by atoms with van der Waals surface area (Å²) >= 11 is 0. The summed E-state index contributed by atoms with van der Waals surface area (Å²) in [7, 11) is 0. The molecular weight excluding hydrogens is 457 g/mol. The van der Waals surface area contributed by atoms with Gasteiger partial charge < -0.3 is 14.2 Å². The number of benzene rings is 1. The van der Waals surface area contributed by atoms with Crippen LogP contribution in [0.1, 0.15) is 62.4 Å². The van der Waals surface area contributed by atoms with Crippen LogP contribution in [0.4, 0.5) is 10.2 Å². The number of hydrogen-bond donors (Lipinski definition) is 0. The molecule has 6 rings (SSSR count).